The topological polar surface area (TPSA) is 76.2 Å². The molecule has 1 aromatic carbocycles. The van der Waals surface area contributed by atoms with Crippen LogP contribution >= 0.6 is 0 Å². The Morgan fingerprint density at radius 1 is 1.17 bits per heavy atom. The van der Waals surface area contributed by atoms with E-state index < -0.39 is 4.92 Å². The molecule has 0 bridgehead atoms. The van der Waals surface area contributed by atoms with Crippen LogP contribution in [-0.2, 0) is 4.74 Å². The first-order chi connectivity index (χ1) is 14.2. The summed E-state index contributed by atoms with van der Waals surface area (Å²) in [6.45, 7) is 12.0. The molecule has 1 aliphatic rings. The van der Waals surface area contributed by atoms with Crippen molar-refractivity contribution < 1.29 is 9.66 Å². The van der Waals surface area contributed by atoms with Gasteiger partial charge in [-0.3, -0.25) is 10.1 Å². The number of nitrogens with zero attached hydrogens (tertiary/aromatic N) is 2. The Hall–Kier alpha value is -1.93. The summed E-state index contributed by atoms with van der Waals surface area (Å²) in [5.74, 6) is 0. The number of nitro groups is 1. The molecule has 30 heavy (non-hydrogen) atoms. The fraction of sp³-hybridized carbons (Fsp3) is 0.720. The first-order valence-electron chi connectivity index (χ1n) is 11.5. The molecule has 0 spiro atoms. The lowest BCUT2D eigenvalue weighted by molar-refractivity contribution is -0.385. The predicted molar refractivity (Wildman–Crippen MR) is 123 cm³/mol. The zero-order valence-corrected chi connectivity index (χ0v) is 19.6. The van der Waals surface area contributed by atoms with Crippen molar-refractivity contribution in [1.82, 2.24) is 0 Å². The van der Waals surface area contributed by atoms with Gasteiger partial charge in [0.2, 0.25) is 0 Å². The zero-order valence-electron chi connectivity index (χ0n) is 19.6. The molecule has 1 aliphatic carbocycles. The van der Waals surface area contributed by atoms with Crippen molar-refractivity contribution in [2.75, 3.05) is 6.61 Å². The van der Waals surface area contributed by atoms with Gasteiger partial charge in [0.25, 0.3) is 5.69 Å². The minimum atomic E-state index is -0.462. The molecular weight excluding hydrogens is 376 g/mol. The summed E-state index contributed by atoms with van der Waals surface area (Å²) in [6, 6.07) is 6.19. The lowest BCUT2D eigenvalue weighted by atomic mass is 9.67. The molecule has 0 radical (unpaired) electrons. The second-order valence-electron chi connectivity index (χ2n) is 9.32. The molecule has 0 aliphatic heterocycles. The summed E-state index contributed by atoms with van der Waals surface area (Å²) in [4.78, 5) is 9.88. The van der Waals surface area contributed by atoms with Crippen molar-refractivity contribution in [3.05, 3.63) is 39.4 Å². The van der Waals surface area contributed by atoms with Crippen LogP contribution in [0.15, 0.2) is 18.2 Å². The fourth-order valence-corrected chi connectivity index (χ4v) is 4.51. The highest BCUT2D eigenvalue weighted by atomic mass is 16.6. The fourth-order valence-electron chi connectivity index (χ4n) is 4.51. The first-order valence-corrected chi connectivity index (χ1v) is 11.5. The molecule has 1 unspecified atom stereocenters. The van der Waals surface area contributed by atoms with Crippen molar-refractivity contribution in [1.29, 1.82) is 5.26 Å². The molecule has 2 rings (SSSR count). The minimum Gasteiger partial charge on any atom is -0.375 e. The highest BCUT2D eigenvalue weighted by molar-refractivity contribution is 5.45. The van der Waals surface area contributed by atoms with Crippen molar-refractivity contribution in [2.45, 2.75) is 104 Å². The molecule has 0 amide bonds. The molecule has 5 nitrogen and oxygen atoms in total. The summed E-state index contributed by atoms with van der Waals surface area (Å²) in [5.41, 5.74) is 1.70. The quantitative estimate of drug-likeness (QED) is 0.237. The monoisotopic (exact) mass is 416 g/mol. The van der Waals surface area contributed by atoms with Crippen LogP contribution in [0.2, 0.25) is 0 Å². The number of hydrogen-bond acceptors (Lipinski definition) is 4. The van der Waals surface area contributed by atoms with Crippen LogP contribution in [0.5, 0.6) is 0 Å². The van der Waals surface area contributed by atoms with E-state index in [4.69, 9.17) is 10.00 Å². The van der Waals surface area contributed by atoms with E-state index in [9.17, 15) is 10.1 Å². The summed E-state index contributed by atoms with van der Waals surface area (Å²) in [7, 11) is 0. The molecule has 0 saturated heterocycles. The van der Waals surface area contributed by atoms with Gasteiger partial charge in [0.05, 0.1) is 22.2 Å². The molecule has 0 heterocycles. The number of hydrogen-bond donors (Lipinski definition) is 0. The molecule has 1 fully saturated rings. The maximum Gasteiger partial charge on any atom is 0.272 e. The molecule has 0 aromatic heterocycles. The molecule has 0 N–H and O–H groups in total. The van der Waals surface area contributed by atoms with Gasteiger partial charge < -0.3 is 4.74 Å². The van der Waals surface area contributed by atoms with Crippen LogP contribution in [0.3, 0.4) is 0 Å². The molecular formula is C25H40N2O3. The third-order valence-electron chi connectivity index (χ3n) is 6.14. The lowest BCUT2D eigenvalue weighted by Crippen LogP contribution is -2.40. The third kappa shape index (κ3) is 8.83. The number of aryl methyl sites for hydroxylation is 1. The molecule has 168 valence electrons. The average Bonchev–Trinajstić information content (AvgIpc) is 2.69. The molecule has 2 atom stereocenters. The Labute approximate surface area is 183 Å². The number of nitro benzene ring substituents is 1. The normalized spacial score (nSPS) is 23.2. The van der Waals surface area contributed by atoms with E-state index in [-0.39, 0.29) is 11.3 Å². The van der Waals surface area contributed by atoms with Crippen LogP contribution in [0, 0.1) is 33.8 Å². The van der Waals surface area contributed by atoms with E-state index in [0.717, 1.165) is 6.61 Å². The third-order valence-corrected chi connectivity index (χ3v) is 6.14. The van der Waals surface area contributed by atoms with Gasteiger partial charge >= 0.3 is 0 Å². The summed E-state index contributed by atoms with van der Waals surface area (Å²) in [6.07, 6.45) is 13.2. The number of benzene rings is 1. The SMILES string of the molecule is CCCCCOC1(C)CCC[C@](C)(CCCC)C1.Cc1cc(C#N)ccc1[N+](=O)[O-]. The summed E-state index contributed by atoms with van der Waals surface area (Å²) < 4.78 is 6.25. The molecule has 1 aromatic rings. The van der Waals surface area contributed by atoms with E-state index in [1.807, 2.05) is 6.07 Å². The van der Waals surface area contributed by atoms with Crippen LogP contribution in [0.25, 0.3) is 0 Å². The Morgan fingerprint density at radius 3 is 2.43 bits per heavy atom. The number of nitriles is 1. The van der Waals surface area contributed by atoms with Crippen LogP contribution in [0.4, 0.5) is 5.69 Å². The Kier molecular flexibility index (Phi) is 11.0. The van der Waals surface area contributed by atoms with E-state index in [0.29, 0.717) is 16.5 Å². The van der Waals surface area contributed by atoms with Gasteiger partial charge in [0, 0.05) is 18.2 Å². The number of unbranched alkanes of at least 4 members (excludes halogenated alkanes) is 3. The predicted octanol–water partition coefficient (Wildman–Crippen LogP) is 7.50. The summed E-state index contributed by atoms with van der Waals surface area (Å²) >= 11 is 0. The van der Waals surface area contributed by atoms with Gasteiger partial charge in [0.1, 0.15) is 0 Å². The maximum absolute atomic E-state index is 10.3. The van der Waals surface area contributed by atoms with E-state index in [2.05, 4.69) is 27.7 Å². The van der Waals surface area contributed by atoms with Crippen LogP contribution in [0.1, 0.15) is 103 Å². The summed E-state index contributed by atoms with van der Waals surface area (Å²) in [5, 5.41) is 18.8. The smallest absolute Gasteiger partial charge is 0.272 e. The van der Waals surface area contributed by atoms with Crippen molar-refractivity contribution in [3.63, 3.8) is 0 Å². The van der Waals surface area contributed by atoms with Crippen LogP contribution < -0.4 is 0 Å². The van der Waals surface area contributed by atoms with Gasteiger partial charge in [-0.2, -0.15) is 5.26 Å². The standard InChI is InChI=1S/C17H34O.C8H6N2O2/c1-5-7-9-14-18-17(4)13-10-12-16(3,15-17)11-8-6-2;1-6-4-7(5-9)2-3-8(6)10(11)12/h5-15H2,1-4H3;2-4H,1H3/t16-,17?;/m0./s1. The second-order valence-corrected chi connectivity index (χ2v) is 9.32. The number of ether oxygens (including phenoxy) is 1. The lowest BCUT2D eigenvalue weighted by Gasteiger charge is -2.44. The van der Waals surface area contributed by atoms with Crippen molar-refractivity contribution in [3.8, 4) is 6.07 Å². The Bertz CT molecular complexity index is 713. The zero-order chi connectivity index (χ0) is 22.6. The average molecular weight is 417 g/mol. The molecule has 5 heteroatoms. The maximum atomic E-state index is 10.3. The Morgan fingerprint density at radius 2 is 1.87 bits per heavy atom. The van der Waals surface area contributed by atoms with Crippen molar-refractivity contribution in [2.24, 2.45) is 5.41 Å². The van der Waals surface area contributed by atoms with Crippen LogP contribution in [-0.4, -0.2) is 17.1 Å². The first kappa shape index (κ1) is 26.1. The molecule has 1 saturated carbocycles. The van der Waals surface area contributed by atoms with Gasteiger partial charge in [-0.05, 0) is 63.5 Å². The highest BCUT2D eigenvalue weighted by Gasteiger charge is 2.39. The van der Waals surface area contributed by atoms with E-state index in [1.54, 1.807) is 6.92 Å². The minimum absolute atomic E-state index is 0.0500. The van der Waals surface area contributed by atoms with Gasteiger partial charge in [-0.1, -0.05) is 52.9 Å². The second kappa shape index (κ2) is 12.7. The van der Waals surface area contributed by atoms with Gasteiger partial charge in [0.15, 0.2) is 0 Å². The van der Waals surface area contributed by atoms with Gasteiger partial charge in [-0.15, -0.1) is 0 Å². The highest BCUT2D eigenvalue weighted by Crippen LogP contribution is 2.46. The largest absolute Gasteiger partial charge is 0.375 e. The van der Waals surface area contributed by atoms with E-state index >= 15 is 0 Å². The van der Waals surface area contributed by atoms with E-state index in [1.165, 1.54) is 82.4 Å². The Balaban J connectivity index is 0.000000325. The van der Waals surface area contributed by atoms with Crippen molar-refractivity contribution >= 4 is 5.69 Å². The number of rotatable bonds is 9. The van der Waals surface area contributed by atoms with Gasteiger partial charge in [-0.25, -0.2) is 0 Å².